The Kier molecular flexibility index (Phi) is 5.74. The average molecular weight is 439 g/mol. The maximum absolute atomic E-state index is 14.0. The topological polar surface area (TPSA) is 60.3 Å². The van der Waals surface area contributed by atoms with Gasteiger partial charge in [0.25, 0.3) is 0 Å². The lowest BCUT2D eigenvalue weighted by Crippen LogP contribution is -2.37. The van der Waals surface area contributed by atoms with Crippen LogP contribution in [0.1, 0.15) is 27.9 Å². The van der Waals surface area contributed by atoms with Gasteiger partial charge in [0.2, 0.25) is 5.95 Å². The molecule has 2 aliphatic rings. The van der Waals surface area contributed by atoms with Crippen molar-refractivity contribution in [3.8, 4) is 5.69 Å². The van der Waals surface area contributed by atoms with Gasteiger partial charge in [0.1, 0.15) is 5.82 Å². The highest BCUT2D eigenvalue weighted by atomic mass is 32.2. The summed E-state index contributed by atoms with van der Waals surface area (Å²) in [6.45, 7) is 2.59. The molecule has 0 unspecified atom stereocenters. The number of halogens is 1. The first kappa shape index (κ1) is 20.2. The third-order valence-electron chi connectivity index (χ3n) is 5.73. The third kappa shape index (κ3) is 4.22. The van der Waals surface area contributed by atoms with Gasteiger partial charge in [-0.05, 0) is 54.7 Å². The lowest BCUT2D eigenvalue weighted by atomic mass is 10.0. The number of Topliss-reactive ketones (excluding diaryl/α,β-unsaturated/α-hetero) is 1. The molecule has 8 heteroatoms. The van der Waals surface area contributed by atoms with Crippen LogP contribution in [0.4, 0.5) is 10.3 Å². The van der Waals surface area contributed by atoms with E-state index >= 15 is 0 Å². The molecule has 2 aromatic carbocycles. The van der Waals surface area contributed by atoms with Gasteiger partial charge in [0.05, 0.1) is 24.7 Å². The first-order valence-electron chi connectivity index (χ1n) is 10.5. The molecule has 0 atom stereocenters. The molecule has 5 rings (SSSR count). The fourth-order valence-electron chi connectivity index (χ4n) is 4.12. The number of benzene rings is 2. The van der Waals surface area contributed by atoms with E-state index in [1.54, 1.807) is 6.07 Å². The van der Waals surface area contributed by atoms with Gasteiger partial charge in [0.15, 0.2) is 10.9 Å². The van der Waals surface area contributed by atoms with Gasteiger partial charge in [-0.15, -0.1) is 10.2 Å². The number of hydrogen-bond donors (Lipinski definition) is 0. The van der Waals surface area contributed by atoms with E-state index in [0.29, 0.717) is 43.1 Å². The predicted octanol–water partition coefficient (Wildman–Crippen LogP) is 3.71. The number of thioether (sulfide) groups is 1. The molecule has 160 valence electrons. The van der Waals surface area contributed by atoms with Crippen molar-refractivity contribution in [3.63, 3.8) is 0 Å². The molecular weight excluding hydrogens is 415 g/mol. The Bertz CT molecular complexity index is 1110. The Hall–Kier alpha value is -2.71. The van der Waals surface area contributed by atoms with Crippen LogP contribution in [0.25, 0.3) is 5.69 Å². The quantitative estimate of drug-likeness (QED) is 0.432. The van der Waals surface area contributed by atoms with E-state index < -0.39 is 0 Å². The van der Waals surface area contributed by atoms with Crippen LogP contribution < -0.4 is 4.90 Å². The van der Waals surface area contributed by atoms with E-state index in [1.807, 2.05) is 22.8 Å². The zero-order valence-electron chi connectivity index (χ0n) is 17.1. The van der Waals surface area contributed by atoms with Crippen LogP contribution in [-0.2, 0) is 17.6 Å². The summed E-state index contributed by atoms with van der Waals surface area (Å²) in [7, 11) is 0. The minimum absolute atomic E-state index is 0.0569. The molecule has 1 saturated heterocycles. The molecule has 1 aliphatic heterocycles. The largest absolute Gasteiger partial charge is 0.378 e. The van der Waals surface area contributed by atoms with Gasteiger partial charge in [-0.3, -0.25) is 9.36 Å². The molecule has 0 saturated carbocycles. The Morgan fingerprint density at radius 3 is 2.74 bits per heavy atom. The number of aryl methyl sites for hydroxylation is 2. The number of morpholine rings is 1. The molecule has 1 aromatic heterocycles. The summed E-state index contributed by atoms with van der Waals surface area (Å²) in [5, 5.41) is 9.28. The average Bonchev–Trinajstić information content (AvgIpc) is 3.44. The van der Waals surface area contributed by atoms with Crippen LogP contribution >= 0.6 is 11.8 Å². The highest BCUT2D eigenvalue weighted by molar-refractivity contribution is 7.99. The van der Waals surface area contributed by atoms with Crippen molar-refractivity contribution in [3.05, 3.63) is 65.0 Å². The number of ketones is 1. The van der Waals surface area contributed by atoms with Crippen LogP contribution in [0.3, 0.4) is 0 Å². The highest BCUT2D eigenvalue weighted by Crippen LogP contribution is 2.29. The number of carbonyl (C=O) groups is 1. The number of aromatic nitrogens is 3. The molecule has 3 aromatic rings. The fourth-order valence-corrected chi connectivity index (χ4v) is 4.97. The van der Waals surface area contributed by atoms with Crippen molar-refractivity contribution in [2.75, 3.05) is 37.0 Å². The van der Waals surface area contributed by atoms with Gasteiger partial charge >= 0.3 is 0 Å². The first-order chi connectivity index (χ1) is 15.2. The normalized spacial score (nSPS) is 15.8. The summed E-state index contributed by atoms with van der Waals surface area (Å²) in [6, 6.07) is 12.4. The predicted molar refractivity (Wildman–Crippen MR) is 118 cm³/mol. The van der Waals surface area contributed by atoms with Crippen molar-refractivity contribution in [1.29, 1.82) is 0 Å². The number of nitrogens with zero attached hydrogens (tertiary/aromatic N) is 4. The zero-order valence-corrected chi connectivity index (χ0v) is 17.9. The van der Waals surface area contributed by atoms with Crippen molar-refractivity contribution in [1.82, 2.24) is 14.8 Å². The molecule has 31 heavy (non-hydrogen) atoms. The van der Waals surface area contributed by atoms with Gasteiger partial charge < -0.3 is 9.64 Å². The van der Waals surface area contributed by atoms with E-state index in [2.05, 4.69) is 21.2 Å². The Morgan fingerprint density at radius 2 is 1.90 bits per heavy atom. The molecule has 0 bridgehead atoms. The summed E-state index contributed by atoms with van der Waals surface area (Å²) in [4.78, 5) is 14.9. The van der Waals surface area contributed by atoms with E-state index in [-0.39, 0.29) is 17.4 Å². The SMILES string of the molecule is O=C(CSc1nnc(N2CCOCC2)n1-c1cccc(F)c1)c1ccc2c(c1)CCC2. The van der Waals surface area contributed by atoms with E-state index in [0.717, 1.165) is 24.8 Å². The summed E-state index contributed by atoms with van der Waals surface area (Å²) < 4.78 is 21.2. The van der Waals surface area contributed by atoms with Crippen LogP contribution in [-0.4, -0.2) is 52.6 Å². The zero-order chi connectivity index (χ0) is 21.2. The van der Waals surface area contributed by atoms with Crippen molar-refractivity contribution in [2.45, 2.75) is 24.4 Å². The van der Waals surface area contributed by atoms with Gasteiger partial charge in [0, 0.05) is 18.7 Å². The van der Waals surface area contributed by atoms with E-state index in [9.17, 15) is 9.18 Å². The summed E-state index contributed by atoms with van der Waals surface area (Å²) in [5.74, 6) is 0.613. The highest BCUT2D eigenvalue weighted by Gasteiger charge is 2.23. The second-order valence-electron chi connectivity index (χ2n) is 7.75. The Labute approximate surface area is 184 Å². The fraction of sp³-hybridized carbons (Fsp3) is 0.348. The van der Waals surface area contributed by atoms with Crippen molar-refractivity contribution in [2.24, 2.45) is 0 Å². The first-order valence-corrected chi connectivity index (χ1v) is 11.5. The molecule has 0 radical (unpaired) electrons. The van der Waals surface area contributed by atoms with Crippen molar-refractivity contribution >= 4 is 23.5 Å². The monoisotopic (exact) mass is 438 g/mol. The summed E-state index contributed by atoms with van der Waals surface area (Å²) >= 11 is 1.33. The molecule has 6 nitrogen and oxygen atoms in total. The van der Waals surface area contributed by atoms with E-state index in [1.165, 1.54) is 35.0 Å². The number of ether oxygens (including phenoxy) is 1. The molecular formula is C23H23FN4O2S. The molecule has 1 fully saturated rings. The van der Waals surface area contributed by atoms with Crippen LogP contribution in [0.5, 0.6) is 0 Å². The van der Waals surface area contributed by atoms with Crippen LogP contribution in [0.2, 0.25) is 0 Å². The van der Waals surface area contributed by atoms with Gasteiger partial charge in [-0.2, -0.15) is 0 Å². The number of anilines is 1. The summed E-state index contributed by atoms with van der Waals surface area (Å²) in [5.41, 5.74) is 4.01. The Balaban J connectivity index is 1.40. The van der Waals surface area contributed by atoms with Crippen LogP contribution in [0, 0.1) is 5.82 Å². The van der Waals surface area contributed by atoms with Gasteiger partial charge in [-0.1, -0.05) is 30.0 Å². The minimum Gasteiger partial charge on any atom is -0.378 e. The lowest BCUT2D eigenvalue weighted by Gasteiger charge is -2.27. The van der Waals surface area contributed by atoms with Crippen molar-refractivity contribution < 1.29 is 13.9 Å². The second-order valence-corrected chi connectivity index (χ2v) is 8.69. The molecule has 1 aliphatic carbocycles. The van der Waals surface area contributed by atoms with E-state index in [4.69, 9.17) is 4.74 Å². The molecule has 0 N–H and O–H groups in total. The number of hydrogen-bond acceptors (Lipinski definition) is 6. The Morgan fingerprint density at radius 1 is 1.06 bits per heavy atom. The maximum Gasteiger partial charge on any atom is 0.232 e. The number of carbonyl (C=O) groups excluding carboxylic acids is 1. The minimum atomic E-state index is -0.329. The molecule has 2 heterocycles. The lowest BCUT2D eigenvalue weighted by molar-refractivity contribution is 0.102. The number of rotatable bonds is 6. The number of fused-ring (bicyclic) bond motifs is 1. The maximum atomic E-state index is 14.0. The molecule has 0 amide bonds. The standard InChI is InChI=1S/C23H23FN4O2S/c24-19-5-2-6-20(14-19)28-22(27-9-11-30-12-10-27)25-26-23(28)31-15-21(29)18-8-7-16-3-1-4-17(16)13-18/h2,5-8,13-14H,1,3-4,9-12,15H2. The van der Waals surface area contributed by atoms with Gasteiger partial charge in [-0.25, -0.2) is 4.39 Å². The smallest absolute Gasteiger partial charge is 0.232 e. The van der Waals surface area contributed by atoms with Crippen LogP contribution in [0.15, 0.2) is 47.6 Å². The third-order valence-corrected chi connectivity index (χ3v) is 6.66. The second kappa shape index (κ2) is 8.80. The molecule has 0 spiro atoms. The summed E-state index contributed by atoms with van der Waals surface area (Å²) in [6.07, 6.45) is 3.29.